The van der Waals surface area contributed by atoms with Gasteiger partial charge in [0.1, 0.15) is 0 Å². The Morgan fingerprint density at radius 3 is 3.03 bits per heavy atom. The predicted octanol–water partition coefficient (Wildman–Crippen LogP) is 3.63. The first kappa shape index (κ1) is 18.4. The molecule has 1 aromatic carbocycles. The quantitative estimate of drug-likeness (QED) is 0.260. The van der Waals surface area contributed by atoms with Crippen LogP contribution in [0, 0.1) is 16.7 Å². The van der Waals surface area contributed by atoms with Gasteiger partial charge in [0.05, 0.1) is 6.04 Å². The van der Waals surface area contributed by atoms with E-state index in [2.05, 4.69) is 51.0 Å². The van der Waals surface area contributed by atoms with Crippen molar-refractivity contribution < 1.29 is 14.4 Å². The van der Waals surface area contributed by atoms with Gasteiger partial charge in [-0.25, -0.2) is 4.79 Å². The molecule has 0 saturated carbocycles. The van der Waals surface area contributed by atoms with Gasteiger partial charge < -0.3 is 14.1 Å². The smallest absolute Gasteiger partial charge is 0.336 e. The zero-order valence-electron chi connectivity index (χ0n) is 16.5. The molecule has 0 spiro atoms. The maximum Gasteiger partial charge on any atom is 0.336 e. The minimum absolute atomic E-state index is 0.172. The molecule has 0 bridgehead atoms. The van der Waals surface area contributed by atoms with E-state index in [0.29, 0.717) is 12.0 Å². The lowest BCUT2D eigenvalue weighted by atomic mass is 9.70. The first-order chi connectivity index (χ1) is 14.2. The van der Waals surface area contributed by atoms with Crippen molar-refractivity contribution in [2.75, 3.05) is 19.9 Å². The number of piperidine rings is 1. The molecule has 3 heterocycles. The average Bonchev–Trinajstić information content (AvgIpc) is 3.05. The summed E-state index contributed by atoms with van der Waals surface area (Å²) in [5.41, 5.74) is 4.86. The molecule has 1 aliphatic carbocycles. The summed E-state index contributed by atoms with van der Waals surface area (Å²) in [5, 5.41) is 3.64. The second-order valence-electron chi connectivity index (χ2n) is 8.29. The topological polar surface area (TPSA) is 73.1 Å². The van der Waals surface area contributed by atoms with Crippen molar-refractivity contribution in [2.45, 2.75) is 31.7 Å². The van der Waals surface area contributed by atoms with Crippen LogP contribution in [0.25, 0.3) is 10.9 Å². The van der Waals surface area contributed by atoms with Crippen LogP contribution in [0.4, 0.5) is 0 Å². The third-order valence-corrected chi connectivity index (χ3v) is 7.01. The number of para-hydroxylation sites is 1. The zero-order chi connectivity index (χ0) is 20.0. The molecule has 0 amide bonds. The number of nitrogens with zero attached hydrogens (tertiary/aromatic N) is 3. The summed E-state index contributed by atoms with van der Waals surface area (Å²) < 4.78 is 7.45. The monoisotopic (exact) mass is 395 g/mol. The molecular formula is C22H25N3O4. The lowest BCUT2D eigenvalue weighted by Crippen LogP contribution is -2.48. The van der Waals surface area contributed by atoms with E-state index in [1.54, 1.807) is 0 Å². The highest BCUT2D eigenvalue weighted by Gasteiger charge is 2.44. The predicted molar refractivity (Wildman–Crippen MR) is 108 cm³/mol. The van der Waals surface area contributed by atoms with E-state index < -0.39 is 6.79 Å². The largest absolute Gasteiger partial charge is 0.422 e. The van der Waals surface area contributed by atoms with Crippen molar-refractivity contribution in [3.8, 4) is 0 Å². The second kappa shape index (κ2) is 7.30. The van der Waals surface area contributed by atoms with Gasteiger partial charge in [0, 0.05) is 42.3 Å². The molecule has 1 aromatic heterocycles. The molecule has 3 aliphatic rings. The lowest BCUT2D eigenvalue weighted by Gasteiger charge is -2.48. The summed E-state index contributed by atoms with van der Waals surface area (Å²) in [4.78, 5) is 29.6. The summed E-state index contributed by atoms with van der Waals surface area (Å²) in [6.07, 6.45) is 5.98. The normalized spacial score (nSPS) is 26.1. The highest BCUT2D eigenvalue weighted by atomic mass is 16.8. The Morgan fingerprint density at radius 2 is 2.17 bits per heavy atom. The molecule has 0 radical (unpaired) electrons. The van der Waals surface area contributed by atoms with E-state index in [-0.39, 0.29) is 11.9 Å². The number of ether oxygens (including phenoxy) is 1. The lowest BCUT2D eigenvalue weighted by molar-refractivity contribution is -0.153. The van der Waals surface area contributed by atoms with Crippen molar-refractivity contribution in [2.24, 2.45) is 24.2 Å². The number of hydrogen-bond donors (Lipinski definition) is 0. The van der Waals surface area contributed by atoms with E-state index in [0.717, 1.165) is 44.3 Å². The first-order valence-electron chi connectivity index (χ1n) is 10.3. The number of allylic oxidation sites excluding steroid dienone is 1. The Kier molecular flexibility index (Phi) is 4.62. The zero-order valence-corrected chi connectivity index (χ0v) is 16.5. The number of carbonyl (C=O) groups is 1. The number of esters is 1. The molecule has 3 atom stereocenters. The number of fused-ring (bicyclic) bond motifs is 6. The van der Waals surface area contributed by atoms with Crippen LogP contribution < -0.4 is 0 Å². The number of aryl methyl sites for hydroxylation is 1. The molecule has 152 valence electrons. The van der Waals surface area contributed by atoms with Crippen LogP contribution in [0.1, 0.15) is 36.6 Å². The van der Waals surface area contributed by atoms with Crippen LogP contribution in [0.2, 0.25) is 0 Å². The van der Waals surface area contributed by atoms with Crippen LogP contribution in [-0.4, -0.2) is 35.3 Å². The summed E-state index contributed by atoms with van der Waals surface area (Å²) in [6.45, 7) is 1.64. The van der Waals surface area contributed by atoms with Crippen LogP contribution in [0.5, 0.6) is 0 Å². The fourth-order valence-electron chi connectivity index (χ4n) is 5.80. The highest BCUT2D eigenvalue weighted by molar-refractivity contribution is 5.89. The second-order valence-corrected chi connectivity index (χ2v) is 8.29. The minimum atomic E-state index is -0.431. The van der Waals surface area contributed by atoms with E-state index in [1.165, 1.54) is 22.2 Å². The number of benzene rings is 1. The SMILES string of the molecule is Cn1c2c(c3ccccc31)CCN1CC3CCC=C(C(=O)OCON=O)C3CC21. The molecule has 2 aliphatic heterocycles. The van der Waals surface area contributed by atoms with Crippen molar-refractivity contribution in [3.63, 3.8) is 0 Å². The van der Waals surface area contributed by atoms with Gasteiger partial charge >= 0.3 is 5.97 Å². The van der Waals surface area contributed by atoms with Crippen molar-refractivity contribution >= 4 is 16.9 Å². The number of aromatic nitrogens is 1. The van der Waals surface area contributed by atoms with Gasteiger partial charge in [0.25, 0.3) is 6.79 Å². The number of hydrogen-bond acceptors (Lipinski definition) is 6. The first-order valence-corrected chi connectivity index (χ1v) is 10.3. The fraction of sp³-hybridized carbons (Fsp3) is 0.500. The summed E-state index contributed by atoms with van der Waals surface area (Å²) >= 11 is 0. The Morgan fingerprint density at radius 1 is 1.31 bits per heavy atom. The fourth-order valence-corrected chi connectivity index (χ4v) is 5.80. The molecule has 5 rings (SSSR count). The van der Waals surface area contributed by atoms with Gasteiger partial charge in [-0.1, -0.05) is 24.3 Å². The van der Waals surface area contributed by atoms with Crippen LogP contribution in [0.3, 0.4) is 0 Å². The van der Waals surface area contributed by atoms with Gasteiger partial charge in [-0.3, -0.25) is 4.90 Å². The molecule has 7 heteroatoms. The Hall–Kier alpha value is -2.67. The number of rotatable bonds is 4. The maximum atomic E-state index is 12.6. The van der Waals surface area contributed by atoms with E-state index in [4.69, 9.17) is 4.74 Å². The molecule has 3 unspecified atom stereocenters. The molecule has 1 saturated heterocycles. The molecule has 1 fully saturated rings. The Labute approximate surface area is 169 Å². The average molecular weight is 395 g/mol. The van der Waals surface area contributed by atoms with Crippen LogP contribution in [-0.2, 0) is 27.8 Å². The van der Waals surface area contributed by atoms with Gasteiger partial charge in [0.2, 0.25) is 0 Å². The molecule has 2 aromatic rings. The third-order valence-electron chi connectivity index (χ3n) is 7.01. The van der Waals surface area contributed by atoms with E-state index in [1.807, 2.05) is 6.08 Å². The summed E-state index contributed by atoms with van der Waals surface area (Å²) in [7, 11) is 2.16. The van der Waals surface area contributed by atoms with Crippen molar-refractivity contribution in [3.05, 3.63) is 52.1 Å². The van der Waals surface area contributed by atoms with Gasteiger partial charge in [-0.15, -0.1) is 4.91 Å². The van der Waals surface area contributed by atoms with Gasteiger partial charge in [-0.2, -0.15) is 0 Å². The molecule has 7 nitrogen and oxygen atoms in total. The van der Waals surface area contributed by atoms with Crippen molar-refractivity contribution in [1.29, 1.82) is 0 Å². The molecule has 29 heavy (non-hydrogen) atoms. The van der Waals surface area contributed by atoms with E-state index >= 15 is 0 Å². The van der Waals surface area contributed by atoms with Crippen molar-refractivity contribution in [1.82, 2.24) is 9.47 Å². The molecular weight excluding hydrogens is 370 g/mol. The standard InChI is InChI=1S/C22H25N3O4/c1-24-19-8-3-2-6-15(19)16-9-10-25-12-14-5-4-7-17(22(26)28-13-29-23-27)18(14)11-20(25)21(16)24/h2-3,6-8,14,18,20H,4-5,9-13H2,1H3. The highest BCUT2D eigenvalue weighted by Crippen LogP contribution is 2.48. The van der Waals surface area contributed by atoms with Crippen LogP contribution >= 0.6 is 0 Å². The van der Waals surface area contributed by atoms with Gasteiger partial charge in [0.15, 0.2) is 5.34 Å². The van der Waals surface area contributed by atoms with Gasteiger partial charge in [-0.05, 0) is 49.1 Å². The van der Waals surface area contributed by atoms with Crippen LogP contribution in [0.15, 0.2) is 41.3 Å². The maximum absolute atomic E-state index is 12.6. The third kappa shape index (κ3) is 2.95. The minimum Gasteiger partial charge on any atom is -0.422 e. The van der Waals surface area contributed by atoms with E-state index in [9.17, 15) is 9.70 Å². The summed E-state index contributed by atoms with van der Waals surface area (Å²) in [6, 6.07) is 8.92. The summed E-state index contributed by atoms with van der Waals surface area (Å²) in [5.74, 6) is 0.246. The Bertz CT molecular complexity index is 995. The Balaban J connectivity index is 1.47. The molecule has 0 N–H and O–H groups in total. The number of carbonyl (C=O) groups excluding carboxylic acids is 1.